The molecule has 1 saturated heterocycles. The van der Waals surface area contributed by atoms with E-state index in [0.29, 0.717) is 38.7 Å². The average molecular weight is 441 g/mol. The van der Waals surface area contributed by atoms with E-state index >= 15 is 0 Å². The van der Waals surface area contributed by atoms with Crippen molar-refractivity contribution in [3.8, 4) is 6.07 Å². The first-order valence-corrected chi connectivity index (χ1v) is 10.2. The Hall–Kier alpha value is -2.45. The van der Waals surface area contributed by atoms with Gasteiger partial charge in [0.2, 0.25) is 5.95 Å². The fraction of sp³-hybridized carbons (Fsp3) is 0.650. The van der Waals surface area contributed by atoms with E-state index in [2.05, 4.69) is 15.4 Å². The molecule has 1 saturated carbocycles. The van der Waals surface area contributed by atoms with E-state index in [1.165, 1.54) is 6.92 Å². The Balaban J connectivity index is 1.92. The second kappa shape index (κ2) is 7.91. The molecule has 2 N–H and O–H groups in total. The maximum atomic E-state index is 14.9. The molecule has 0 amide bonds. The summed E-state index contributed by atoms with van der Waals surface area (Å²) in [5.41, 5.74) is -3.42. The SMILES string of the molecule is CC(F)C1(c2c(C#N)c(C(F)(F)F)c3cnc(N[C@@H]4CCOC[C@H]4O)nn23)CCCC1. The number of aliphatic hydroxyl groups excluding tert-OH is 1. The van der Waals surface area contributed by atoms with Crippen molar-refractivity contribution in [3.05, 3.63) is 23.0 Å². The molecule has 2 aliphatic rings. The van der Waals surface area contributed by atoms with Crippen LogP contribution in [0.2, 0.25) is 0 Å². The Morgan fingerprint density at radius 1 is 1.39 bits per heavy atom. The average Bonchev–Trinajstić information content (AvgIpc) is 3.32. The van der Waals surface area contributed by atoms with Gasteiger partial charge in [-0.2, -0.15) is 18.4 Å². The van der Waals surface area contributed by atoms with Crippen LogP contribution in [0.15, 0.2) is 6.20 Å². The molecule has 2 aromatic rings. The molecule has 31 heavy (non-hydrogen) atoms. The highest BCUT2D eigenvalue weighted by Gasteiger charge is 2.49. The summed E-state index contributed by atoms with van der Waals surface area (Å²) in [6.45, 7) is 1.84. The van der Waals surface area contributed by atoms with Crippen LogP contribution in [0, 0.1) is 11.3 Å². The zero-order chi connectivity index (χ0) is 22.4. The summed E-state index contributed by atoms with van der Waals surface area (Å²) in [6.07, 6.45) is -3.71. The van der Waals surface area contributed by atoms with Gasteiger partial charge in [-0.3, -0.25) is 0 Å². The quantitative estimate of drug-likeness (QED) is 0.707. The predicted molar refractivity (Wildman–Crippen MR) is 102 cm³/mol. The topological polar surface area (TPSA) is 95.5 Å². The lowest BCUT2D eigenvalue weighted by Gasteiger charge is -2.31. The van der Waals surface area contributed by atoms with Crippen molar-refractivity contribution in [2.75, 3.05) is 18.5 Å². The van der Waals surface area contributed by atoms with E-state index in [0.717, 1.165) is 10.7 Å². The summed E-state index contributed by atoms with van der Waals surface area (Å²) in [7, 11) is 0. The van der Waals surface area contributed by atoms with Crippen LogP contribution in [-0.4, -0.2) is 51.2 Å². The number of hydrogen-bond donors (Lipinski definition) is 2. The third-order valence-corrected chi connectivity index (χ3v) is 6.45. The third-order valence-electron chi connectivity index (χ3n) is 6.45. The Bertz CT molecular complexity index is 1010. The molecule has 1 unspecified atom stereocenters. The van der Waals surface area contributed by atoms with Crippen LogP contribution < -0.4 is 5.32 Å². The summed E-state index contributed by atoms with van der Waals surface area (Å²) in [5.74, 6) is -0.00688. The first-order valence-electron chi connectivity index (χ1n) is 10.2. The Kier molecular flexibility index (Phi) is 5.55. The Morgan fingerprint density at radius 2 is 2.10 bits per heavy atom. The number of hydrogen-bond acceptors (Lipinski definition) is 6. The normalized spacial score (nSPS) is 24.8. The van der Waals surface area contributed by atoms with Gasteiger partial charge in [-0.25, -0.2) is 13.9 Å². The molecule has 3 atom stereocenters. The van der Waals surface area contributed by atoms with Crippen LogP contribution in [0.4, 0.5) is 23.5 Å². The van der Waals surface area contributed by atoms with Crippen LogP contribution >= 0.6 is 0 Å². The molecule has 11 heteroatoms. The molecule has 1 aliphatic carbocycles. The maximum Gasteiger partial charge on any atom is 0.419 e. The van der Waals surface area contributed by atoms with Crippen molar-refractivity contribution in [1.82, 2.24) is 14.6 Å². The van der Waals surface area contributed by atoms with Crippen molar-refractivity contribution < 1.29 is 27.4 Å². The molecule has 168 valence electrons. The van der Waals surface area contributed by atoms with Gasteiger partial charge in [-0.05, 0) is 26.2 Å². The highest BCUT2D eigenvalue weighted by atomic mass is 19.4. The summed E-state index contributed by atoms with van der Waals surface area (Å²) < 4.78 is 62.9. The first-order chi connectivity index (χ1) is 14.7. The molecule has 7 nitrogen and oxygen atoms in total. The van der Waals surface area contributed by atoms with Crippen molar-refractivity contribution in [3.63, 3.8) is 0 Å². The number of ether oxygens (including phenoxy) is 1. The number of fused-ring (bicyclic) bond motifs is 1. The highest BCUT2D eigenvalue weighted by Crippen LogP contribution is 2.49. The summed E-state index contributed by atoms with van der Waals surface area (Å²) in [5, 5.41) is 27.0. The van der Waals surface area contributed by atoms with Gasteiger partial charge in [0, 0.05) is 12.0 Å². The van der Waals surface area contributed by atoms with Gasteiger partial charge < -0.3 is 15.2 Å². The smallest absolute Gasteiger partial charge is 0.389 e. The van der Waals surface area contributed by atoms with E-state index < -0.39 is 41.0 Å². The molecular weight excluding hydrogens is 418 g/mol. The summed E-state index contributed by atoms with van der Waals surface area (Å²) >= 11 is 0. The number of alkyl halides is 4. The minimum Gasteiger partial charge on any atom is -0.389 e. The van der Waals surface area contributed by atoms with Crippen LogP contribution in [0.25, 0.3) is 5.52 Å². The molecule has 1 aliphatic heterocycles. The van der Waals surface area contributed by atoms with Gasteiger partial charge in [-0.1, -0.05) is 12.8 Å². The van der Waals surface area contributed by atoms with Gasteiger partial charge in [-0.15, -0.1) is 5.10 Å². The Morgan fingerprint density at radius 3 is 2.68 bits per heavy atom. The van der Waals surface area contributed by atoms with Gasteiger partial charge in [0.1, 0.15) is 17.8 Å². The number of rotatable bonds is 4. The van der Waals surface area contributed by atoms with E-state index in [4.69, 9.17) is 4.74 Å². The van der Waals surface area contributed by atoms with Crippen LogP contribution in [0.3, 0.4) is 0 Å². The molecule has 0 bridgehead atoms. The second-order valence-corrected chi connectivity index (χ2v) is 8.25. The van der Waals surface area contributed by atoms with Crippen LogP contribution in [0.5, 0.6) is 0 Å². The van der Waals surface area contributed by atoms with E-state index in [1.807, 2.05) is 0 Å². The number of anilines is 1. The number of aliphatic hydroxyl groups is 1. The number of nitrogens with one attached hydrogen (secondary N) is 1. The first kappa shape index (κ1) is 21.8. The fourth-order valence-corrected chi connectivity index (χ4v) is 4.85. The van der Waals surface area contributed by atoms with Crippen LogP contribution in [-0.2, 0) is 16.3 Å². The van der Waals surface area contributed by atoms with Crippen molar-refractivity contribution >= 4 is 11.5 Å². The summed E-state index contributed by atoms with van der Waals surface area (Å²) in [6, 6.07) is 1.23. The van der Waals surface area contributed by atoms with Gasteiger partial charge in [0.15, 0.2) is 0 Å². The highest BCUT2D eigenvalue weighted by molar-refractivity contribution is 5.67. The number of nitrogens with zero attached hydrogens (tertiary/aromatic N) is 4. The van der Waals surface area contributed by atoms with Crippen molar-refractivity contribution in [1.29, 1.82) is 5.26 Å². The van der Waals surface area contributed by atoms with E-state index in [-0.39, 0.29) is 23.8 Å². The lowest BCUT2D eigenvalue weighted by Crippen LogP contribution is -2.42. The summed E-state index contributed by atoms with van der Waals surface area (Å²) in [4.78, 5) is 3.99. The molecule has 2 fully saturated rings. The molecule has 2 aromatic heterocycles. The fourth-order valence-electron chi connectivity index (χ4n) is 4.85. The minimum atomic E-state index is -4.83. The van der Waals surface area contributed by atoms with Gasteiger partial charge in [0.25, 0.3) is 0 Å². The standard InChI is InChI=1S/C20H23F4N5O2/c1-11(21)19(5-2-3-6-19)17-12(8-25)16(20(22,23)24)14-9-26-18(28-29(14)17)27-13-4-7-31-10-15(13)30/h9,11,13,15,30H,2-7,10H2,1H3,(H,27,28)/t11?,13-,15-/m1/s1. The monoisotopic (exact) mass is 441 g/mol. The van der Waals surface area contributed by atoms with E-state index in [1.54, 1.807) is 6.07 Å². The van der Waals surface area contributed by atoms with Gasteiger partial charge >= 0.3 is 6.18 Å². The largest absolute Gasteiger partial charge is 0.419 e. The van der Waals surface area contributed by atoms with Crippen molar-refractivity contribution in [2.45, 2.75) is 68.9 Å². The zero-order valence-corrected chi connectivity index (χ0v) is 16.9. The molecule has 0 aromatic carbocycles. The van der Waals surface area contributed by atoms with Gasteiger partial charge in [0.05, 0.1) is 41.7 Å². The minimum absolute atomic E-state index is 0.00688. The zero-order valence-electron chi connectivity index (χ0n) is 16.9. The van der Waals surface area contributed by atoms with E-state index in [9.17, 15) is 27.9 Å². The molecule has 4 rings (SSSR count). The van der Waals surface area contributed by atoms with Crippen molar-refractivity contribution in [2.24, 2.45) is 0 Å². The maximum absolute atomic E-state index is 14.9. The molecule has 0 radical (unpaired) electrons. The number of aromatic nitrogens is 3. The number of nitriles is 1. The number of halogens is 4. The molecule has 3 heterocycles. The van der Waals surface area contributed by atoms with Crippen LogP contribution in [0.1, 0.15) is 55.8 Å². The second-order valence-electron chi connectivity index (χ2n) is 8.25. The third kappa shape index (κ3) is 3.61. The Labute approximate surface area is 176 Å². The lowest BCUT2D eigenvalue weighted by molar-refractivity contribution is -0.136. The predicted octanol–water partition coefficient (Wildman–Crippen LogP) is 3.35. The molecule has 0 spiro atoms. The lowest BCUT2D eigenvalue weighted by atomic mass is 9.77. The molecular formula is C20H23F4N5O2.